The number of rotatable bonds is 6. The van der Waals surface area contributed by atoms with Gasteiger partial charge in [0.05, 0.1) is 6.07 Å². The summed E-state index contributed by atoms with van der Waals surface area (Å²) in [7, 11) is 0. The minimum absolute atomic E-state index is 0.163. The number of carbonyl (C=O) groups excluding carboxylic acids is 1. The smallest absolute Gasteiger partial charge is 0.158 e. The van der Waals surface area contributed by atoms with E-state index in [-0.39, 0.29) is 11.2 Å². The molecule has 1 aliphatic carbocycles. The van der Waals surface area contributed by atoms with Crippen molar-refractivity contribution in [3.05, 3.63) is 12.7 Å². The molecule has 0 spiro atoms. The van der Waals surface area contributed by atoms with Crippen LogP contribution in [0.1, 0.15) is 58.8 Å². The molecule has 0 aromatic heterocycles. The zero-order valence-corrected chi connectivity index (χ0v) is 11.1. The standard InChI is InChI=1S/C15H23NO/c1-4-5-6-7-8-9-15(12-16)11-10-14(2,3)13(15)17/h4H,1,5-11H2,2-3H3. The third-order valence-electron chi connectivity index (χ3n) is 3.95. The van der Waals surface area contributed by atoms with E-state index in [4.69, 9.17) is 0 Å². The van der Waals surface area contributed by atoms with Crippen LogP contribution in [0.3, 0.4) is 0 Å². The fourth-order valence-electron chi connectivity index (χ4n) is 2.69. The molecule has 0 aromatic rings. The molecule has 0 radical (unpaired) electrons. The Morgan fingerprint density at radius 3 is 2.53 bits per heavy atom. The number of unbranched alkanes of at least 4 members (excludes halogenated alkanes) is 3. The van der Waals surface area contributed by atoms with Crippen LogP contribution in [0.15, 0.2) is 12.7 Å². The summed E-state index contributed by atoms with van der Waals surface area (Å²) in [5.74, 6) is 0.163. The van der Waals surface area contributed by atoms with Crippen molar-refractivity contribution in [2.24, 2.45) is 10.8 Å². The van der Waals surface area contributed by atoms with E-state index in [1.165, 1.54) is 0 Å². The molecule has 2 nitrogen and oxygen atoms in total. The van der Waals surface area contributed by atoms with Gasteiger partial charge >= 0.3 is 0 Å². The van der Waals surface area contributed by atoms with E-state index in [9.17, 15) is 10.1 Å². The maximum absolute atomic E-state index is 12.3. The Morgan fingerprint density at radius 2 is 2.06 bits per heavy atom. The summed E-state index contributed by atoms with van der Waals surface area (Å²) in [5, 5.41) is 9.33. The Balaban J connectivity index is 2.52. The quantitative estimate of drug-likeness (QED) is 0.513. The first-order valence-electron chi connectivity index (χ1n) is 6.55. The van der Waals surface area contributed by atoms with Crippen molar-refractivity contribution in [2.75, 3.05) is 0 Å². The first-order valence-corrected chi connectivity index (χ1v) is 6.55. The minimum atomic E-state index is -0.683. The number of Topliss-reactive ketones (excluding diaryl/α,β-unsaturated/α-hetero) is 1. The Morgan fingerprint density at radius 1 is 1.35 bits per heavy atom. The van der Waals surface area contributed by atoms with E-state index in [1.807, 2.05) is 19.9 Å². The molecular weight excluding hydrogens is 210 g/mol. The molecule has 0 aromatic carbocycles. The van der Waals surface area contributed by atoms with Gasteiger partial charge in [0.25, 0.3) is 0 Å². The molecular formula is C15H23NO. The summed E-state index contributed by atoms with van der Waals surface area (Å²) in [6, 6.07) is 2.30. The first-order chi connectivity index (χ1) is 7.98. The summed E-state index contributed by atoms with van der Waals surface area (Å²) in [4.78, 5) is 12.3. The van der Waals surface area contributed by atoms with E-state index >= 15 is 0 Å². The molecule has 0 saturated heterocycles. The van der Waals surface area contributed by atoms with Crippen molar-refractivity contribution in [3.63, 3.8) is 0 Å². The van der Waals surface area contributed by atoms with E-state index in [0.29, 0.717) is 0 Å². The average Bonchev–Trinajstić information content (AvgIpc) is 2.53. The number of allylic oxidation sites excluding steroid dienone is 1. The normalized spacial score (nSPS) is 26.8. The lowest BCUT2D eigenvalue weighted by molar-refractivity contribution is -0.130. The number of carbonyl (C=O) groups is 1. The molecule has 0 bridgehead atoms. The number of hydrogen-bond donors (Lipinski definition) is 0. The van der Waals surface area contributed by atoms with Crippen LogP contribution in [0.5, 0.6) is 0 Å². The molecule has 0 N–H and O–H groups in total. The van der Waals surface area contributed by atoms with Gasteiger partial charge in [-0.2, -0.15) is 5.26 Å². The number of ketones is 1. The van der Waals surface area contributed by atoms with Gasteiger partial charge < -0.3 is 0 Å². The SMILES string of the molecule is C=CCCCCCC1(C#N)CCC(C)(C)C1=O. The first kappa shape index (κ1) is 14.0. The molecule has 17 heavy (non-hydrogen) atoms. The second-order valence-electron chi connectivity index (χ2n) is 5.79. The predicted octanol–water partition coefficient (Wildman–Crippen LogP) is 4.02. The van der Waals surface area contributed by atoms with Gasteiger partial charge in [-0.25, -0.2) is 0 Å². The lowest BCUT2D eigenvalue weighted by atomic mass is 9.77. The Bertz CT molecular complexity index is 337. The summed E-state index contributed by atoms with van der Waals surface area (Å²) in [5.41, 5.74) is -0.978. The van der Waals surface area contributed by atoms with E-state index in [1.54, 1.807) is 0 Å². The molecule has 94 valence electrons. The molecule has 1 aliphatic rings. The van der Waals surface area contributed by atoms with Crippen LogP contribution in [0.4, 0.5) is 0 Å². The lowest BCUT2D eigenvalue weighted by Gasteiger charge is -2.22. The third-order valence-corrected chi connectivity index (χ3v) is 3.95. The molecule has 1 unspecified atom stereocenters. The maximum atomic E-state index is 12.3. The van der Waals surface area contributed by atoms with Crippen LogP contribution >= 0.6 is 0 Å². The number of nitrogens with zero attached hydrogens (tertiary/aromatic N) is 1. The Labute approximate surface area is 105 Å². The van der Waals surface area contributed by atoms with Gasteiger partial charge in [-0.05, 0) is 32.1 Å². The molecule has 1 atom stereocenters. The summed E-state index contributed by atoms with van der Waals surface area (Å²) in [6.45, 7) is 7.62. The van der Waals surface area contributed by atoms with Crippen molar-refractivity contribution in [2.45, 2.75) is 58.8 Å². The van der Waals surface area contributed by atoms with Crippen LogP contribution in [0.25, 0.3) is 0 Å². The zero-order chi connectivity index (χ0) is 12.9. The monoisotopic (exact) mass is 233 g/mol. The van der Waals surface area contributed by atoms with E-state index < -0.39 is 5.41 Å². The van der Waals surface area contributed by atoms with Gasteiger partial charge in [0.1, 0.15) is 5.41 Å². The van der Waals surface area contributed by atoms with Crippen LogP contribution in [0, 0.1) is 22.2 Å². The van der Waals surface area contributed by atoms with Crippen molar-refractivity contribution in [3.8, 4) is 6.07 Å². The van der Waals surface area contributed by atoms with Crippen LogP contribution in [0.2, 0.25) is 0 Å². The van der Waals surface area contributed by atoms with Gasteiger partial charge in [-0.15, -0.1) is 6.58 Å². The largest absolute Gasteiger partial charge is 0.297 e. The average molecular weight is 233 g/mol. The van der Waals surface area contributed by atoms with Gasteiger partial charge in [0.15, 0.2) is 5.78 Å². The van der Waals surface area contributed by atoms with Crippen molar-refractivity contribution >= 4 is 5.78 Å². The summed E-state index contributed by atoms with van der Waals surface area (Å²) >= 11 is 0. The van der Waals surface area contributed by atoms with Gasteiger partial charge in [-0.3, -0.25) is 4.79 Å². The topological polar surface area (TPSA) is 40.9 Å². The van der Waals surface area contributed by atoms with Crippen molar-refractivity contribution in [1.29, 1.82) is 5.26 Å². The highest BCUT2D eigenvalue weighted by Crippen LogP contribution is 2.48. The molecule has 1 fully saturated rings. The number of nitriles is 1. The van der Waals surface area contributed by atoms with E-state index in [0.717, 1.165) is 44.9 Å². The van der Waals surface area contributed by atoms with Crippen LogP contribution in [-0.4, -0.2) is 5.78 Å². The molecule has 2 heteroatoms. The van der Waals surface area contributed by atoms with Gasteiger partial charge in [0.2, 0.25) is 0 Å². The Hall–Kier alpha value is -1.10. The summed E-state index contributed by atoms with van der Waals surface area (Å²) in [6.07, 6.45) is 8.46. The van der Waals surface area contributed by atoms with Crippen LogP contribution < -0.4 is 0 Å². The van der Waals surface area contributed by atoms with Gasteiger partial charge in [0, 0.05) is 5.41 Å². The molecule has 0 heterocycles. The minimum Gasteiger partial charge on any atom is -0.297 e. The fourth-order valence-corrected chi connectivity index (χ4v) is 2.69. The predicted molar refractivity (Wildman–Crippen MR) is 69.4 cm³/mol. The maximum Gasteiger partial charge on any atom is 0.158 e. The van der Waals surface area contributed by atoms with E-state index in [2.05, 4.69) is 12.6 Å². The summed E-state index contributed by atoms with van der Waals surface area (Å²) < 4.78 is 0. The van der Waals surface area contributed by atoms with Crippen molar-refractivity contribution < 1.29 is 4.79 Å². The lowest BCUT2D eigenvalue weighted by Crippen LogP contribution is -2.31. The molecule has 1 saturated carbocycles. The third kappa shape index (κ3) is 2.97. The molecule has 1 rings (SSSR count). The number of hydrogen-bond acceptors (Lipinski definition) is 2. The van der Waals surface area contributed by atoms with Crippen molar-refractivity contribution in [1.82, 2.24) is 0 Å². The second-order valence-corrected chi connectivity index (χ2v) is 5.79. The Kier molecular flexibility index (Phi) is 4.51. The highest BCUT2D eigenvalue weighted by atomic mass is 16.1. The fraction of sp³-hybridized carbons (Fsp3) is 0.733. The van der Waals surface area contributed by atoms with Gasteiger partial charge in [-0.1, -0.05) is 32.8 Å². The van der Waals surface area contributed by atoms with Crippen LogP contribution in [-0.2, 0) is 4.79 Å². The molecule has 0 aliphatic heterocycles. The molecule has 0 amide bonds. The zero-order valence-electron chi connectivity index (χ0n) is 11.1. The second kappa shape index (κ2) is 5.49. The highest BCUT2D eigenvalue weighted by molar-refractivity contribution is 5.94. The highest BCUT2D eigenvalue weighted by Gasteiger charge is 2.51.